The number of amides is 2. The molecular weight excluding hydrogens is 248 g/mol. The third-order valence-electron chi connectivity index (χ3n) is 3.08. The summed E-state index contributed by atoms with van der Waals surface area (Å²) in [5.74, 6) is -1.04. The molecule has 1 aliphatic carbocycles. The number of aliphatic hydroxyl groups is 1. The monoisotopic (exact) mass is 264 g/mol. The summed E-state index contributed by atoms with van der Waals surface area (Å²) in [6.45, 7) is -0.302. The first kappa shape index (κ1) is 13.4. The first-order chi connectivity index (χ1) is 9.08. The van der Waals surface area contributed by atoms with Gasteiger partial charge in [-0.15, -0.1) is 0 Å². The standard InChI is InChI=1S/C13H16N2O4/c16-11(12(17)18)7-14-13(19)15-10-6-9(10)8-4-2-1-3-5-8/h1-5,9-11,16H,6-7H2,(H,17,18)(H2,14,15,19). The summed E-state index contributed by atoms with van der Waals surface area (Å²) < 4.78 is 0. The summed E-state index contributed by atoms with van der Waals surface area (Å²) in [6.07, 6.45) is -0.700. The van der Waals surface area contributed by atoms with Gasteiger partial charge in [-0.2, -0.15) is 0 Å². The maximum Gasteiger partial charge on any atom is 0.334 e. The van der Waals surface area contributed by atoms with Crippen molar-refractivity contribution >= 4 is 12.0 Å². The molecule has 0 saturated heterocycles. The van der Waals surface area contributed by atoms with E-state index in [0.29, 0.717) is 5.92 Å². The van der Waals surface area contributed by atoms with Crippen LogP contribution in [0.3, 0.4) is 0 Å². The average molecular weight is 264 g/mol. The molecule has 0 heterocycles. The van der Waals surface area contributed by atoms with Crippen molar-refractivity contribution in [1.29, 1.82) is 0 Å². The van der Waals surface area contributed by atoms with Gasteiger partial charge in [0.2, 0.25) is 0 Å². The van der Waals surface area contributed by atoms with Crippen LogP contribution < -0.4 is 10.6 Å². The van der Waals surface area contributed by atoms with Crippen molar-refractivity contribution in [3.05, 3.63) is 35.9 Å². The summed E-state index contributed by atoms with van der Waals surface area (Å²) in [6, 6.07) is 9.49. The quantitative estimate of drug-likeness (QED) is 0.614. The number of aliphatic hydroxyl groups excluding tert-OH is 1. The number of nitrogens with one attached hydrogen (secondary N) is 2. The minimum absolute atomic E-state index is 0.0735. The van der Waals surface area contributed by atoms with E-state index < -0.39 is 18.1 Å². The molecule has 0 aromatic heterocycles. The van der Waals surface area contributed by atoms with E-state index >= 15 is 0 Å². The molecule has 1 saturated carbocycles. The molecule has 0 radical (unpaired) electrons. The van der Waals surface area contributed by atoms with Crippen LogP contribution >= 0.6 is 0 Å². The first-order valence-corrected chi connectivity index (χ1v) is 6.08. The van der Waals surface area contributed by atoms with Crippen LogP contribution in [-0.4, -0.2) is 40.9 Å². The molecule has 0 aliphatic heterocycles. The Labute approximate surface area is 110 Å². The van der Waals surface area contributed by atoms with Crippen molar-refractivity contribution in [2.45, 2.75) is 24.5 Å². The van der Waals surface area contributed by atoms with Crippen LogP contribution in [0.5, 0.6) is 0 Å². The number of carbonyl (C=O) groups is 2. The van der Waals surface area contributed by atoms with Crippen LogP contribution in [0.15, 0.2) is 30.3 Å². The number of aliphatic carboxylic acids is 1. The number of hydrogen-bond donors (Lipinski definition) is 4. The van der Waals surface area contributed by atoms with E-state index in [9.17, 15) is 9.59 Å². The van der Waals surface area contributed by atoms with Crippen LogP contribution in [0.2, 0.25) is 0 Å². The highest BCUT2D eigenvalue weighted by Crippen LogP contribution is 2.40. The minimum atomic E-state index is -1.57. The largest absolute Gasteiger partial charge is 0.479 e. The van der Waals surface area contributed by atoms with Gasteiger partial charge in [-0.3, -0.25) is 0 Å². The Balaban J connectivity index is 1.72. The second kappa shape index (κ2) is 5.71. The topological polar surface area (TPSA) is 98.7 Å². The van der Waals surface area contributed by atoms with E-state index in [1.807, 2.05) is 30.3 Å². The molecule has 1 aromatic rings. The van der Waals surface area contributed by atoms with E-state index in [1.54, 1.807) is 0 Å². The molecule has 1 aliphatic rings. The number of hydrogen-bond acceptors (Lipinski definition) is 3. The zero-order chi connectivity index (χ0) is 13.8. The highest BCUT2D eigenvalue weighted by Gasteiger charge is 2.39. The van der Waals surface area contributed by atoms with E-state index in [0.717, 1.165) is 6.42 Å². The maximum atomic E-state index is 11.5. The van der Waals surface area contributed by atoms with Crippen LogP contribution in [0.4, 0.5) is 4.79 Å². The normalized spacial score (nSPS) is 22.4. The third-order valence-corrected chi connectivity index (χ3v) is 3.08. The number of rotatable bonds is 5. The average Bonchev–Trinajstić information content (AvgIpc) is 3.16. The fraction of sp³-hybridized carbons (Fsp3) is 0.385. The Kier molecular flexibility index (Phi) is 4.01. The molecule has 6 heteroatoms. The van der Waals surface area contributed by atoms with Crippen molar-refractivity contribution in [3.63, 3.8) is 0 Å². The molecule has 1 aromatic carbocycles. The summed E-state index contributed by atoms with van der Waals surface area (Å²) in [5.41, 5.74) is 1.18. The molecule has 2 amide bonds. The first-order valence-electron chi connectivity index (χ1n) is 6.08. The molecular formula is C13H16N2O4. The number of carboxylic acids is 1. The molecule has 6 nitrogen and oxygen atoms in total. The lowest BCUT2D eigenvalue weighted by atomic mass is 10.1. The van der Waals surface area contributed by atoms with E-state index in [2.05, 4.69) is 10.6 Å². The van der Waals surface area contributed by atoms with Crippen molar-refractivity contribution in [2.75, 3.05) is 6.54 Å². The van der Waals surface area contributed by atoms with E-state index in [1.165, 1.54) is 5.56 Å². The van der Waals surface area contributed by atoms with Gasteiger partial charge in [0.05, 0.1) is 6.54 Å². The predicted octanol–water partition coefficient (Wildman–Crippen LogP) is 0.287. The third kappa shape index (κ3) is 3.69. The SMILES string of the molecule is O=C(NCC(O)C(=O)O)NC1CC1c1ccccc1. The van der Waals surface area contributed by atoms with Gasteiger partial charge in [0.15, 0.2) is 6.10 Å². The van der Waals surface area contributed by atoms with Crippen molar-refractivity contribution < 1.29 is 19.8 Å². The summed E-state index contributed by atoms with van der Waals surface area (Å²) in [5, 5.41) is 22.5. The lowest BCUT2D eigenvalue weighted by Gasteiger charge is -2.09. The molecule has 4 N–H and O–H groups in total. The number of benzene rings is 1. The van der Waals surface area contributed by atoms with Gasteiger partial charge in [-0.25, -0.2) is 9.59 Å². The Hall–Kier alpha value is -2.08. The highest BCUT2D eigenvalue weighted by molar-refractivity contribution is 5.77. The Morgan fingerprint density at radius 2 is 2.00 bits per heavy atom. The minimum Gasteiger partial charge on any atom is -0.479 e. The Bertz CT molecular complexity index is 463. The smallest absolute Gasteiger partial charge is 0.334 e. The van der Waals surface area contributed by atoms with Crippen LogP contribution in [0.1, 0.15) is 17.9 Å². The maximum absolute atomic E-state index is 11.5. The van der Waals surface area contributed by atoms with Crippen molar-refractivity contribution in [1.82, 2.24) is 10.6 Å². The molecule has 102 valence electrons. The second-order valence-corrected chi connectivity index (χ2v) is 4.57. The van der Waals surface area contributed by atoms with E-state index in [-0.39, 0.29) is 12.6 Å². The van der Waals surface area contributed by atoms with Crippen molar-refractivity contribution in [2.24, 2.45) is 0 Å². The summed E-state index contributed by atoms with van der Waals surface area (Å²) >= 11 is 0. The van der Waals surface area contributed by atoms with Crippen LogP contribution in [0, 0.1) is 0 Å². The summed E-state index contributed by atoms with van der Waals surface area (Å²) in [7, 11) is 0. The number of carbonyl (C=O) groups excluding carboxylic acids is 1. The number of urea groups is 1. The van der Waals surface area contributed by atoms with Crippen LogP contribution in [0.25, 0.3) is 0 Å². The molecule has 0 spiro atoms. The number of carboxylic acid groups (broad SMARTS) is 1. The van der Waals surface area contributed by atoms with Gasteiger partial charge in [0, 0.05) is 12.0 Å². The predicted molar refractivity (Wildman–Crippen MR) is 67.8 cm³/mol. The molecule has 2 rings (SSSR count). The molecule has 3 unspecified atom stereocenters. The van der Waals surface area contributed by atoms with E-state index in [4.69, 9.17) is 10.2 Å². The van der Waals surface area contributed by atoms with Gasteiger partial charge >= 0.3 is 12.0 Å². The molecule has 1 fully saturated rings. The molecule has 19 heavy (non-hydrogen) atoms. The lowest BCUT2D eigenvalue weighted by Crippen LogP contribution is -2.43. The van der Waals surface area contributed by atoms with Gasteiger partial charge < -0.3 is 20.8 Å². The highest BCUT2D eigenvalue weighted by atomic mass is 16.4. The Morgan fingerprint density at radius 3 is 2.63 bits per heavy atom. The zero-order valence-electron chi connectivity index (χ0n) is 10.2. The van der Waals surface area contributed by atoms with Gasteiger partial charge in [0.25, 0.3) is 0 Å². The van der Waals surface area contributed by atoms with Gasteiger partial charge in [-0.1, -0.05) is 30.3 Å². The zero-order valence-corrected chi connectivity index (χ0v) is 10.2. The van der Waals surface area contributed by atoms with Crippen molar-refractivity contribution in [3.8, 4) is 0 Å². The van der Waals surface area contributed by atoms with Gasteiger partial charge in [-0.05, 0) is 12.0 Å². The van der Waals surface area contributed by atoms with Crippen LogP contribution in [-0.2, 0) is 4.79 Å². The van der Waals surface area contributed by atoms with Gasteiger partial charge in [0.1, 0.15) is 0 Å². The Morgan fingerprint density at radius 1 is 1.32 bits per heavy atom. The molecule has 3 atom stereocenters. The molecule has 0 bridgehead atoms. The fourth-order valence-electron chi connectivity index (χ4n) is 1.92. The lowest BCUT2D eigenvalue weighted by molar-refractivity contribution is -0.146. The second-order valence-electron chi connectivity index (χ2n) is 4.57. The summed E-state index contributed by atoms with van der Waals surface area (Å²) in [4.78, 5) is 21.8. The fourth-order valence-corrected chi connectivity index (χ4v) is 1.92.